The van der Waals surface area contributed by atoms with E-state index in [0.717, 1.165) is 37.7 Å². The lowest BCUT2D eigenvalue weighted by Gasteiger charge is -2.29. The van der Waals surface area contributed by atoms with Crippen molar-refractivity contribution in [2.75, 3.05) is 13.7 Å². The Morgan fingerprint density at radius 3 is 2.84 bits per heavy atom. The third kappa shape index (κ3) is 8.88. The maximum absolute atomic E-state index is 12.9. The fourth-order valence-electron chi connectivity index (χ4n) is 5.89. The maximum atomic E-state index is 12.9. The number of hydrogen-bond donors (Lipinski definition) is 1. The molecule has 0 aromatic rings. The number of fused-ring (bicyclic) bond motifs is 3. The van der Waals surface area contributed by atoms with Gasteiger partial charge < -0.3 is 28.8 Å². The SMILES string of the molecule is C=C1C[C@H](C)C[C@@H]2CC=C[C@@H](CCCC(=O)O[C@H]([C@H](C=C[C@@H]3CC(C)=CCO3)OC)C[C@@H]3O[C@H]3[C@@H](O)C1)O2. The van der Waals surface area contributed by atoms with Crippen molar-refractivity contribution in [3.8, 4) is 0 Å². The van der Waals surface area contributed by atoms with Crippen LogP contribution in [0, 0.1) is 5.92 Å². The average molecular weight is 531 g/mol. The highest BCUT2D eigenvalue weighted by Gasteiger charge is 2.47. The van der Waals surface area contributed by atoms with Crippen molar-refractivity contribution in [3.63, 3.8) is 0 Å². The first-order chi connectivity index (χ1) is 18.3. The molecule has 1 N–H and O–H groups in total. The second kappa shape index (κ2) is 14.0. The van der Waals surface area contributed by atoms with Crippen LogP contribution < -0.4 is 0 Å². The van der Waals surface area contributed by atoms with Crippen LogP contribution in [-0.4, -0.2) is 73.6 Å². The molecule has 7 heteroatoms. The largest absolute Gasteiger partial charge is 0.459 e. The van der Waals surface area contributed by atoms with Crippen molar-refractivity contribution < 1.29 is 33.6 Å². The summed E-state index contributed by atoms with van der Waals surface area (Å²) in [6, 6.07) is 0. The van der Waals surface area contributed by atoms with Crippen LogP contribution in [0.4, 0.5) is 0 Å². The third-order valence-electron chi connectivity index (χ3n) is 7.95. The van der Waals surface area contributed by atoms with Gasteiger partial charge in [-0.3, -0.25) is 4.79 Å². The lowest BCUT2D eigenvalue weighted by molar-refractivity contribution is -0.155. The van der Waals surface area contributed by atoms with Gasteiger partial charge in [-0.25, -0.2) is 0 Å². The number of methoxy groups -OCH3 is 1. The molecule has 4 aliphatic rings. The van der Waals surface area contributed by atoms with Gasteiger partial charge >= 0.3 is 5.97 Å². The Hall–Kier alpha value is -1.77. The van der Waals surface area contributed by atoms with Crippen LogP contribution in [0.25, 0.3) is 0 Å². The van der Waals surface area contributed by atoms with Crippen LogP contribution >= 0.6 is 0 Å². The number of cyclic esters (lactones) is 1. The highest BCUT2D eigenvalue weighted by Crippen LogP contribution is 2.35. The number of carbonyl (C=O) groups excluding carboxylic acids is 1. The van der Waals surface area contributed by atoms with Gasteiger partial charge in [0.05, 0.1) is 37.1 Å². The van der Waals surface area contributed by atoms with E-state index < -0.39 is 18.3 Å². The molecule has 7 nitrogen and oxygen atoms in total. The molecule has 0 aliphatic carbocycles. The molecular formula is C31H46O7. The third-order valence-corrected chi connectivity index (χ3v) is 7.95. The highest BCUT2D eigenvalue weighted by atomic mass is 16.6. The summed E-state index contributed by atoms with van der Waals surface area (Å²) in [6.07, 6.45) is 14.7. The summed E-state index contributed by atoms with van der Waals surface area (Å²) in [7, 11) is 1.62. The van der Waals surface area contributed by atoms with E-state index in [9.17, 15) is 9.90 Å². The van der Waals surface area contributed by atoms with Crippen LogP contribution in [0.1, 0.15) is 71.6 Å². The molecule has 9 atom stereocenters. The number of aliphatic hydroxyl groups is 1. The molecule has 0 unspecified atom stereocenters. The van der Waals surface area contributed by atoms with Gasteiger partial charge in [0, 0.05) is 20.0 Å². The van der Waals surface area contributed by atoms with Crippen molar-refractivity contribution in [1.29, 1.82) is 0 Å². The van der Waals surface area contributed by atoms with Gasteiger partial charge in [-0.05, 0) is 57.8 Å². The number of rotatable bonds is 4. The van der Waals surface area contributed by atoms with Gasteiger partial charge in [-0.2, -0.15) is 0 Å². The zero-order valence-electron chi connectivity index (χ0n) is 23.3. The molecule has 0 aromatic carbocycles. The molecule has 0 aromatic heterocycles. The van der Waals surface area contributed by atoms with E-state index in [1.165, 1.54) is 5.57 Å². The standard InChI is InChI=1S/C31H46O7/c1-20-13-14-35-24(16-20)11-12-27(34-4)28-19-29-31(38-29)26(32)18-22(3)15-21(2)17-25-9-5-7-23(36-25)8-6-10-30(33)37-28/h5,7,11-13,21,23-29,31-32H,3,6,8-10,14-19H2,1-2,4H3/t21-,23-,24+,25-,26-,27-,28-,29-,31-/m0/s1. The average Bonchev–Trinajstić information content (AvgIpc) is 3.63. The van der Waals surface area contributed by atoms with Crippen LogP contribution in [0.5, 0.6) is 0 Å². The van der Waals surface area contributed by atoms with Gasteiger partial charge in [-0.15, -0.1) is 0 Å². The van der Waals surface area contributed by atoms with E-state index in [0.29, 0.717) is 38.2 Å². The fourth-order valence-corrected chi connectivity index (χ4v) is 5.89. The summed E-state index contributed by atoms with van der Waals surface area (Å²) in [6.45, 7) is 9.15. The lowest BCUT2D eigenvalue weighted by Crippen LogP contribution is -2.34. The topological polar surface area (TPSA) is 86.8 Å². The molecule has 2 bridgehead atoms. The summed E-state index contributed by atoms with van der Waals surface area (Å²) >= 11 is 0. The molecule has 0 saturated carbocycles. The van der Waals surface area contributed by atoms with Crippen molar-refractivity contribution in [2.45, 2.75) is 120 Å². The number of esters is 1. The quantitative estimate of drug-likeness (QED) is 0.312. The molecule has 4 aliphatic heterocycles. The molecule has 0 spiro atoms. The molecular weight excluding hydrogens is 484 g/mol. The Kier molecular flexibility index (Phi) is 10.8. The van der Waals surface area contributed by atoms with Crippen molar-refractivity contribution >= 4 is 5.97 Å². The number of epoxide rings is 1. The van der Waals surface area contributed by atoms with E-state index in [-0.39, 0.29) is 36.5 Å². The minimum absolute atomic E-state index is 0.0248. The smallest absolute Gasteiger partial charge is 0.306 e. The van der Waals surface area contributed by atoms with Crippen molar-refractivity contribution in [2.24, 2.45) is 5.92 Å². The second-order valence-electron chi connectivity index (χ2n) is 11.5. The van der Waals surface area contributed by atoms with Crippen molar-refractivity contribution in [1.82, 2.24) is 0 Å². The van der Waals surface area contributed by atoms with E-state index in [1.807, 2.05) is 12.2 Å². The number of aliphatic hydroxyl groups excluding tert-OH is 1. The van der Waals surface area contributed by atoms with E-state index >= 15 is 0 Å². The molecule has 2 fully saturated rings. The predicted octanol–water partition coefficient (Wildman–Crippen LogP) is 4.98. The number of ether oxygens (including phenoxy) is 5. The molecule has 4 rings (SSSR count). The van der Waals surface area contributed by atoms with Crippen molar-refractivity contribution in [3.05, 3.63) is 48.1 Å². The van der Waals surface area contributed by atoms with E-state index in [2.05, 4.69) is 38.7 Å². The van der Waals surface area contributed by atoms with Gasteiger partial charge in [0.25, 0.3) is 0 Å². The van der Waals surface area contributed by atoms with Crippen LogP contribution in [0.15, 0.2) is 48.1 Å². The number of hydrogen-bond acceptors (Lipinski definition) is 7. The molecule has 0 radical (unpaired) electrons. The minimum atomic E-state index is -0.630. The Labute approximate surface area is 227 Å². The monoisotopic (exact) mass is 530 g/mol. The Balaban J connectivity index is 1.44. The Bertz CT molecular complexity index is 893. The van der Waals surface area contributed by atoms with Crippen LogP contribution in [-0.2, 0) is 28.5 Å². The summed E-state index contributed by atoms with van der Waals surface area (Å²) in [4.78, 5) is 12.9. The maximum Gasteiger partial charge on any atom is 0.306 e. The summed E-state index contributed by atoms with van der Waals surface area (Å²) < 4.78 is 29.7. The summed E-state index contributed by atoms with van der Waals surface area (Å²) in [5, 5.41) is 10.8. The normalized spacial score (nSPS) is 38.5. The lowest BCUT2D eigenvalue weighted by atomic mass is 9.90. The fraction of sp³-hybridized carbons (Fsp3) is 0.710. The molecule has 38 heavy (non-hydrogen) atoms. The van der Waals surface area contributed by atoms with Gasteiger partial charge in [0.1, 0.15) is 18.3 Å². The van der Waals surface area contributed by atoms with E-state index in [4.69, 9.17) is 23.7 Å². The summed E-state index contributed by atoms with van der Waals surface area (Å²) in [5.74, 6) is 0.165. The molecule has 0 amide bonds. The van der Waals surface area contributed by atoms with Crippen LogP contribution in [0.2, 0.25) is 0 Å². The molecule has 4 heterocycles. The van der Waals surface area contributed by atoms with Gasteiger partial charge in [-0.1, -0.05) is 55.0 Å². The molecule has 2 saturated heterocycles. The Morgan fingerprint density at radius 2 is 2.05 bits per heavy atom. The second-order valence-corrected chi connectivity index (χ2v) is 11.5. The number of carbonyl (C=O) groups is 1. The van der Waals surface area contributed by atoms with Gasteiger partial charge in [0.2, 0.25) is 0 Å². The summed E-state index contributed by atoms with van der Waals surface area (Å²) in [5.41, 5.74) is 2.32. The van der Waals surface area contributed by atoms with Gasteiger partial charge in [0.15, 0.2) is 0 Å². The first-order valence-electron chi connectivity index (χ1n) is 14.3. The minimum Gasteiger partial charge on any atom is -0.459 e. The Morgan fingerprint density at radius 1 is 1.21 bits per heavy atom. The highest BCUT2D eigenvalue weighted by molar-refractivity contribution is 5.69. The first-order valence-corrected chi connectivity index (χ1v) is 14.3. The zero-order valence-corrected chi connectivity index (χ0v) is 23.3. The predicted molar refractivity (Wildman–Crippen MR) is 146 cm³/mol. The first kappa shape index (κ1) is 29.2. The van der Waals surface area contributed by atoms with E-state index in [1.54, 1.807) is 7.11 Å². The molecule has 212 valence electrons. The van der Waals surface area contributed by atoms with Crippen LogP contribution in [0.3, 0.4) is 0 Å². The zero-order chi connectivity index (χ0) is 27.1.